The van der Waals surface area contributed by atoms with Gasteiger partial charge in [0.2, 0.25) is 0 Å². The van der Waals surface area contributed by atoms with Crippen molar-refractivity contribution < 1.29 is 13.7 Å². The molecule has 0 aliphatic heterocycles. The zero-order valence-electron chi connectivity index (χ0n) is 7.65. The number of nitro groups is 1. The Bertz CT molecular complexity index is 473. The first-order chi connectivity index (χ1) is 7.49. The van der Waals surface area contributed by atoms with Crippen molar-refractivity contribution in [1.29, 1.82) is 5.26 Å². The van der Waals surface area contributed by atoms with Gasteiger partial charge in [0, 0.05) is 11.1 Å². The predicted octanol–water partition coefficient (Wildman–Crippen LogP) is 2.60. The molecule has 0 aliphatic rings. The van der Waals surface area contributed by atoms with Crippen LogP contribution in [0.25, 0.3) is 0 Å². The highest BCUT2D eigenvalue weighted by molar-refractivity contribution is 14.1. The zero-order valence-corrected chi connectivity index (χ0v) is 9.81. The summed E-state index contributed by atoms with van der Waals surface area (Å²) in [4.78, 5) is 13.1. The summed E-state index contributed by atoms with van der Waals surface area (Å²) in [5.41, 5.74) is -0.462. The minimum absolute atomic E-state index is 0.0208. The molecular weight excluding hydrogens is 335 g/mol. The Labute approximate surface area is 102 Å². The lowest BCUT2D eigenvalue weighted by molar-refractivity contribution is -0.390. The highest BCUT2D eigenvalue weighted by Gasteiger charge is 2.26. The molecule has 1 heterocycles. The first-order valence-electron chi connectivity index (χ1n) is 3.95. The molecule has 5 nitrogen and oxygen atoms in total. The van der Waals surface area contributed by atoms with Crippen molar-refractivity contribution in [2.75, 3.05) is 0 Å². The Morgan fingerprint density at radius 1 is 1.69 bits per heavy atom. The molecule has 8 heteroatoms. The van der Waals surface area contributed by atoms with Gasteiger partial charge in [0.15, 0.2) is 0 Å². The van der Waals surface area contributed by atoms with Crippen LogP contribution >= 0.6 is 22.6 Å². The van der Waals surface area contributed by atoms with E-state index in [2.05, 4.69) is 4.98 Å². The fourth-order valence-corrected chi connectivity index (χ4v) is 2.03. The minimum atomic E-state index is -2.86. The standard InChI is InChI=1S/C8H4F2IN3O2/c9-7(10)5-4(1-2-12)3-13-8(6(5)11)14(15)16/h3,7H,1H2. The molecule has 1 aromatic rings. The lowest BCUT2D eigenvalue weighted by Gasteiger charge is -2.06. The van der Waals surface area contributed by atoms with Crippen molar-refractivity contribution >= 4 is 28.4 Å². The molecule has 16 heavy (non-hydrogen) atoms. The molecule has 0 amide bonds. The van der Waals surface area contributed by atoms with Crippen molar-refractivity contribution in [2.24, 2.45) is 0 Å². The monoisotopic (exact) mass is 339 g/mol. The summed E-state index contributed by atoms with van der Waals surface area (Å²) < 4.78 is 25.2. The molecule has 0 atom stereocenters. The van der Waals surface area contributed by atoms with Crippen molar-refractivity contribution in [2.45, 2.75) is 12.8 Å². The lowest BCUT2D eigenvalue weighted by Crippen LogP contribution is -2.04. The summed E-state index contributed by atoms with van der Waals surface area (Å²) in [7, 11) is 0. The Kier molecular flexibility index (Phi) is 4.05. The van der Waals surface area contributed by atoms with Crippen LogP contribution in [0.2, 0.25) is 0 Å². The molecular formula is C8H4F2IN3O2. The third-order valence-electron chi connectivity index (χ3n) is 1.78. The largest absolute Gasteiger partial charge is 0.377 e. The van der Waals surface area contributed by atoms with Gasteiger partial charge in [-0.15, -0.1) is 0 Å². The quantitative estimate of drug-likeness (QED) is 0.482. The van der Waals surface area contributed by atoms with Gasteiger partial charge in [-0.25, -0.2) is 8.78 Å². The number of hydrogen-bond donors (Lipinski definition) is 0. The van der Waals surface area contributed by atoms with Gasteiger partial charge >= 0.3 is 5.82 Å². The maximum atomic E-state index is 12.7. The minimum Gasteiger partial charge on any atom is -0.358 e. The molecule has 0 bridgehead atoms. The zero-order chi connectivity index (χ0) is 12.3. The van der Waals surface area contributed by atoms with Gasteiger partial charge in [0.05, 0.1) is 12.5 Å². The molecule has 0 radical (unpaired) electrons. The predicted molar refractivity (Wildman–Crippen MR) is 57.9 cm³/mol. The van der Waals surface area contributed by atoms with E-state index in [0.29, 0.717) is 0 Å². The number of aromatic nitrogens is 1. The highest BCUT2D eigenvalue weighted by Crippen LogP contribution is 2.32. The summed E-state index contributed by atoms with van der Waals surface area (Å²) in [6, 6.07) is 1.71. The molecule has 1 aromatic heterocycles. The molecule has 0 fully saturated rings. The van der Waals surface area contributed by atoms with E-state index < -0.39 is 22.7 Å². The van der Waals surface area contributed by atoms with Crippen LogP contribution in [0.4, 0.5) is 14.6 Å². The van der Waals surface area contributed by atoms with Crippen LogP contribution in [-0.4, -0.2) is 9.91 Å². The van der Waals surface area contributed by atoms with E-state index in [1.165, 1.54) is 22.6 Å². The molecule has 0 N–H and O–H groups in total. The van der Waals surface area contributed by atoms with Crippen LogP contribution in [0.5, 0.6) is 0 Å². The Morgan fingerprint density at radius 2 is 2.31 bits per heavy atom. The third kappa shape index (κ3) is 2.41. The SMILES string of the molecule is N#CCc1cnc([N+](=O)[O-])c(I)c1C(F)F. The number of nitrogens with zero attached hydrogens (tertiary/aromatic N) is 3. The molecule has 0 aliphatic carbocycles. The second-order valence-corrected chi connectivity index (χ2v) is 3.81. The third-order valence-corrected chi connectivity index (χ3v) is 2.85. The summed E-state index contributed by atoms with van der Waals surface area (Å²) in [6.45, 7) is 0. The second kappa shape index (κ2) is 5.11. The van der Waals surface area contributed by atoms with Crippen molar-refractivity contribution in [3.8, 4) is 6.07 Å². The summed E-state index contributed by atoms with van der Waals surface area (Å²) in [5, 5.41) is 18.9. The summed E-state index contributed by atoms with van der Waals surface area (Å²) in [5.74, 6) is -0.613. The normalized spacial score (nSPS) is 10.2. The van der Waals surface area contributed by atoms with Crippen molar-refractivity contribution in [1.82, 2.24) is 4.98 Å². The van der Waals surface area contributed by atoms with Crippen LogP contribution < -0.4 is 0 Å². The van der Waals surface area contributed by atoms with Crippen LogP contribution in [0, 0.1) is 25.0 Å². The van der Waals surface area contributed by atoms with E-state index in [1.54, 1.807) is 6.07 Å². The van der Waals surface area contributed by atoms with Crippen LogP contribution in [-0.2, 0) is 6.42 Å². The lowest BCUT2D eigenvalue weighted by atomic mass is 10.1. The molecule has 0 spiro atoms. The van der Waals surface area contributed by atoms with Gasteiger partial charge < -0.3 is 10.1 Å². The fraction of sp³-hybridized carbons (Fsp3) is 0.250. The smallest absolute Gasteiger partial charge is 0.358 e. The van der Waals surface area contributed by atoms with Gasteiger partial charge in [-0.2, -0.15) is 5.26 Å². The number of halogens is 3. The molecule has 0 unspecified atom stereocenters. The number of nitriles is 1. The van der Waals surface area contributed by atoms with E-state index in [-0.39, 0.29) is 15.6 Å². The molecule has 0 aromatic carbocycles. The van der Waals surface area contributed by atoms with E-state index in [9.17, 15) is 18.9 Å². The van der Waals surface area contributed by atoms with E-state index in [4.69, 9.17) is 5.26 Å². The van der Waals surface area contributed by atoms with Gasteiger partial charge in [-0.3, -0.25) is 0 Å². The van der Waals surface area contributed by atoms with Gasteiger partial charge in [0.1, 0.15) is 9.77 Å². The van der Waals surface area contributed by atoms with E-state index >= 15 is 0 Å². The molecule has 0 saturated heterocycles. The number of alkyl halides is 2. The number of pyridine rings is 1. The molecule has 0 saturated carbocycles. The number of hydrogen-bond acceptors (Lipinski definition) is 4. The summed E-state index contributed by atoms with van der Waals surface area (Å²) >= 11 is 1.44. The summed E-state index contributed by atoms with van der Waals surface area (Å²) in [6.07, 6.45) is -2.16. The maximum absolute atomic E-state index is 12.7. The maximum Gasteiger partial charge on any atom is 0.377 e. The van der Waals surface area contributed by atoms with E-state index in [0.717, 1.165) is 6.20 Å². The Hall–Kier alpha value is -1.37. The Morgan fingerprint density at radius 3 is 2.75 bits per heavy atom. The van der Waals surface area contributed by atoms with Gasteiger partial charge in [-0.05, 0) is 32.5 Å². The molecule has 1 rings (SSSR count). The van der Waals surface area contributed by atoms with Gasteiger partial charge in [0.25, 0.3) is 6.43 Å². The average Bonchev–Trinajstić information content (AvgIpc) is 2.17. The van der Waals surface area contributed by atoms with Crippen molar-refractivity contribution in [3.63, 3.8) is 0 Å². The van der Waals surface area contributed by atoms with Crippen molar-refractivity contribution in [3.05, 3.63) is 31.0 Å². The second-order valence-electron chi connectivity index (χ2n) is 2.73. The van der Waals surface area contributed by atoms with E-state index in [1.807, 2.05) is 0 Å². The van der Waals surface area contributed by atoms with Crippen LogP contribution in [0.3, 0.4) is 0 Å². The van der Waals surface area contributed by atoms with Gasteiger partial charge in [-0.1, -0.05) is 0 Å². The Balaban J connectivity index is 3.42. The first-order valence-corrected chi connectivity index (χ1v) is 5.03. The topological polar surface area (TPSA) is 79.8 Å². The van der Waals surface area contributed by atoms with Crippen LogP contribution in [0.15, 0.2) is 6.20 Å². The highest BCUT2D eigenvalue weighted by atomic mass is 127. The molecule has 84 valence electrons. The first kappa shape index (κ1) is 12.7. The van der Waals surface area contributed by atoms with Crippen LogP contribution in [0.1, 0.15) is 17.6 Å². The number of rotatable bonds is 3. The average molecular weight is 339 g/mol. The fourth-order valence-electron chi connectivity index (χ4n) is 1.12.